The van der Waals surface area contributed by atoms with Crippen molar-refractivity contribution in [1.29, 1.82) is 0 Å². The van der Waals surface area contributed by atoms with Gasteiger partial charge in [0.05, 0.1) is 6.10 Å². The Bertz CT molecular complexity index is 276. The fraction of sp³-hybridized carbons (Fsp3) is 0.929. The van der Waals surface area contributed by atoms with E-state index in [-0.39, 0.29) is 30.1 Å². The van der Waals surface area contributed by atoms with Crippen LogP contribution in [0.15, 0.2) is 4.99 Å². The number of guanidine groups is 1. The van der Waals surface area contributed by atoms with Crippen molar-refractivity contribution in [3.8, 4) is 0 Å². The molecule has 0 radical (unpaired) electrons. The topological polar surface area (TPSA) is 47.9 Å². The van der Waals surface area contributed by atoms with Crippen LogP contribution in [0.3, 0.4) is 0 Å². The molecule has 1 atom stereocenters. The number of aliphatic hydroxyl groups excluding tert-OH is 1. The first-order chi connectivity index (χ1) is 8.42. The molecule has 0 aliphatic carbocycles. The number of aliphatic hydroxyl groups is 1. The number of rotatable bonds is 4. The number of β-amino-alcohol motifs (C(OH)–C–C–N with tert-alkyl or cyclic N) is 1. The van der Waals surface area contributed by atoms with Crippen LogP contribution in [-0.2, 0) is 0 Å². The summed E-state index contributed by atoms with van der Waals surface area (Å²) < 4.78 is 0. The minimum absolute atomic E-state index is 0. The van der Waals surface area contributed by atoms with E-state index >= 15 is 0 Å². The highest BCUT2D eigenvalue weighted by Gasteiger charge is 2.22. The second-order valence-electron chi connectivity index (χ2n) is 6.29. The standard InChI is InChI=1S/C14H29N3O.HI/c1-5-15-13(17-10-7-12(18)11-17)16-9-6-8-14(2,3)4;/h12,18H,5-11H2,1-4H3,(H,15,16);1H/t12-;/m1./s1. The summed E-state index contributed by atoms with van der Waals surface area (Å²) in [4.78, 5) is 6.81. The molecule has 2 N–H and O–H groups in total. The summed E-state index contributed by atoms with van der Waals surface area (Å²) in [5.74, 6) is 0.961. The number of hydrogen-bond donors (Lipinski definition) is 2. The summed E-state index contributed by atoms with van der Waals surface area (Å²) in [7, 11) is 0. The molecule has 4 nitrogen and oxygen atoms in total. The van der Waals surface area contributed by atoms with E-state index in [9.17, 15) is 5.11 Å². The van der Waals surface area contributed by atoms with Crippen molar-refractivity contribution in [2.45, 2.75) is 53.1 Å². The largest absolute Gasteiger partial charge is 0.391 e. The first kappa shape index (κ1) is 19.0. The van der Waals surface area contributed by atoms with E-state index < -0.39 is 0 Å². The predicted molar refractivity (Wildman–Crippen MR) is 92.3 cm³/mol. The predicted octanol–water partition coefficient (Wildman–Crippen LogP) is 2.46. The van der Waals surface area contributed by atoms with Crippen LogP contribution in [0.25, 0.3) is 0 Å². The van der Waals surface area contributed by atoms with Gasteiger partial charge >= 0.3 is 0 Å². The highest BCUT2D eigenvalue weighted by molar-refractivity contribution is 14.0. The van der Waals surface area contributed by atoms with Gasteiger partial charge in [0.15, 0.2) is 5.96 Å². The van der Waals surface area contributed by atoms with Gasteiger partial charge in [0.25, 0.3) is 0 Å². The number of halogens is 1. The van der Waals surface area contributed by atoms with Gasteiger partial charge in [-0.05, 0) is 31.6 Å². The summed E-state index contributed by atoms with van der Waals surface area (Å²) in [6.45, 7) is 12.2. The Hall–Kier alpha value is -0.0400. The van der Waals surface area contributed by atoms with Gasteiger partial charge in [0.2, 0.25) is 0 Å². The Morgan fingerprint density at radius 3 is 2.58 bits per heavy atom. The van der Waals surface area contributed by atoms with Crippen LogP contribution in [0.5, 0.6) is 0 Å². The molecular formula is C14H30IN3O. The van der Waals surface area contributed by atoms with E-state index in [0.717, 1.165) is 38.4 Å². The third-order valence-corrected chi connectivity index (χ3v) is 3.14. The Kier molecular flexibility index (Phi) is 8.98. The Morgan fingerprint density at radius 1 is 1.42 bits per heavy atom. The van der Waals surface area contributed by atoms with E-state index in [1.807, 2.05) is 0 Å². The lowest BCUT2D eigenvalue weighted by molar-refractivity contribution is 0.188. The average molecular weight is 383 g/mol. The first-order valence-electron chi connectivity index (χ1n) is 7.13. The fourth-order valence-corrected chi connectivity index (χ4v) is 2.15. The van der Waals surface area contributed by atoms with Gasteiger partial charge in [0, 0.05) is 26.2 Å². The second-order valence-corrected chi connectivity index (χ2v) is 6.29. The molecule has 0 aromatic rings. The molecule has 0 aromatic carbocycles. The van der Waals surface area contributed by atoms with Crippen LogP contribution in [0, 0.1) is 5.41 Å². The Labute approximate surface area is 135 Å². The van der Waals surface area contributed by atoms with E-state index in [1.165, 1.54) is 6.42 Å². The maximum atomic E-state index is 9.57. The maximum absolute atomic E-state index is 9.57. The van der Waals surface area contributed by atoms with Crippen molar-refractivity contribution < 1.29 is 5.11 Å². The van der Waals surface area contributed by atoms with Crippen molar-refractivity contribution in [2.24, 2.45) is 10.4 Å². The van der Waals surface area contributed by atoms with Crippen LogP contribution in [0.4, 0.5) is 0 Å². The van der Waals surface area contributed by atoms with E-state index in [1.54, 1.807) is 0 Å². The molecule has 1 heterocycles. The summed E-state index contributed by atoms with van der Waals surface area (Å²) in [5, 5.41) is 12.9. The lowest BCUT2D eigenvalue weighted by atomic mass is 9.91. The minimum atomic E-state index is -0.191. The molecule has 0 spiro atoms. The normalized spacial score (nSPS) is 20.4. The van der Waals surface area contributed by atoms with Crippen molar-refractivity contribution in [3.63, 3.8) is 0 Å². The SMILES string of the molecule is CCNC(=NCCCC(C)(C)C)N1CC[C@@H](O)C1.I. The molecule has 0 bridgehead atoms. The molecule has 0 amide bonds. The highest BCUT2D eigenvalue weighted by Crippen LogP contribution is 2.20. The Morgan fingerprint density at radius 2 is 2.11 bits per heavy atom. The zero-order chi connectivity index (χ0) is 13.6. The molecule has 0 unspecified atom stereocenters. The lowest BCUT2D eigenvalue weighted by Gasteiger charge is -2.21. The average Bonchev–Trinajstić information content (AvgIpc) is 2.68. The summed E-state index contributed by atoms with van der Waals surface area (Å²) >= 11 is 0. The molecular weight excluding hydrogens is 353 g/mol. The molecule has 5 heteroatoms. The number of likely N-dealkylation sites (tertiary alicyclic amines) is 1. The third kappa shape index (κ3) is 7.97. The van der Waals surface area contributed by atoms with Gasteiger partial charge in [-0.25, -0.2) is 0 Å². The lowest BCUT2D eigenvalue weighted by Crippen LogP contribution is -2.40. The van der Waals surface area contributed by atoms with Crippen molar-refractivity contribution in [2.75, 3.05) is 26.2 Å². The molecule has 114 valence electrons. The molecule has 1 aliphatic rings. The molecule has 19 heavy (non-hydrogen) atoms. The zero-order valence-corrected chi connectivity index (χ0v) is 15.1. The Balaban J connectivity index is 0.00000324. The quantitative estimate of drug-likeness (QED) is 0.339. The molecule has 1 saturated heterocycles. The smallest absolute Gasteiger partial charge is 0.194 e. The molecule has 1 rings (SSSR count). The van der Waals surface area contributed by atoms with Crippen LogP contribution in [0.1, 0.15) is 47.0 Å². The van der Waals surface area contributed by atoms with Gasteiger partial charge in [-0.3, -0.25) is 4.99 Å². The van der Waals surface area contributed by atoms with E-state index in [2.05, 4.69) is 42.9 Å². The molecule has 0 saturated carbocycles. The zero-order valence-electron chi connectivity index (χ0n) is 12.8. The monoisotopic (exact) mass is 383 g/mol. The number of nitrogens with zero attached hydrogens (tertiary/aromatic N) is 2. The van der Waals surface area contributed by atoms with Gasteiger partial charge in [-0.2, -0.15) is 0 Å². The summed E-state index contributed by atoms with van der Waals surface area (Å²) in [5.41, 5.74) is 0.387. The van der Waals surface area contributed by atoms with E-state index in [4.69, 9.17) is 0 Å². The van der Waals surface area contributed by atoms with E-state index in [0.29, 0.717) is 12.0 Å². The number of aliphatic imine (C=N–C) groups is 1. The molecule has 0 aromatic heterocycles. The van der Waals surface area contributed by atoms with Gasteiger partial charge in [-0.1, -0.05) is 20.8 Å². The summed E-state index contributed by atoms with van der Waals surface area (Å²) in [6.07, 6.45) is 2.98. The van der Waals surface area contributed by atoms with Crippen molar-refractivity contribution >= 4 is 29.9 Å². The second kappa shape index (κ2) is 9.00. The van der Waals surface area contributed by atoms with Crippen molar-refractivity contribution in [1.82, 2.24) is 10.2 Å². The number of hydrogen-bond acceptors (Lipinski definition) is 2. The first-order valence-corrected chi connectivity index (χ1v) is 7.13. The molecule has 1 fully saturated rings. The maximum Gasteiger partial charge on any atom is 0.194 e. The third-order valence-electron chi connectivity index (χ3n) is 3.14. The van der Waals surface area contributed by atoms with Gasteiger partial charge in [0.1, 0.15) is 0 Å². The van der Waals surface area contributed by atoms with Crippen LogP contribution in [0.2, 0.25) is 0 Å². The van der Waals surface area contributed by atoms with Crippen LogP contribution < -0.4 is 5.32 Å². The van der Waals surface area contributed by atoms with Crippen molar-refractivity contribution in [3.05, 3.63) is 0 Å². The van der Waals surface area contributed by atoms with Gasteiger partial charge in [-0.15, -0.1) is 24.0 Å². The van der Waals surface area contributed by atoms with Gasteiger partial charge < -0.3 is 15.3 Å². The highest BCUT2D eigenvalue weighted by atomic mass is 127. The molecule has 1 aliphatic heterocycles. The number of nitrogens with one attached hydrogen (secondary N) is 1. The fourth-order valence-electron chi connectivity index (χ4n) is 2.15. The summed E-state index contributed by atoms with van der Waals surface area (Å²) in [6, 6.07) is 0. The van der Waals surface area contributed by atoms with Crippen LogP contribution in [-0.4, -0.2) is 48.2 Å². The van der Waals surface area contributed by atoms with Crippen LogP contribution >= 0.6 is 24.0 Å². The minimum Gasteiger partial charge on any atom is -0.391 e.